The van der Waals surface area contributed by atoms with E-state index in [0.29, 0.717) is 79.0 Å². The number of piperazine rings is 2. The minimum absolute atomic E-state index is 0.00926. The van der Waals surface area contributed by atoms with Crippen molar-refractivity contribution in [1.29, 1.82) is 0 Å². The summed E-state index contributed by atoms with van der Waals surface area (Å²) in [6.45, 7) is 17.8. The van der Waals surface area contributed by atoms with Gasteiger partial charge in [-0.15, -0.1) is 11.3 Å². The molecule has 0 unspecified atom stereocenters. The molecule has 2 aromatic heterocycles. The number of ether oxygens (including phenoxy) is 1. The first-order valence-electron chi connectivity index (χ1n) is 28.6. The van der Waals surface area contributed by atoms with Gasteiger partial charge in [0.2, 0.25) is 29.5 Å². The van der Waals surface area contributed by atoms with Crippen LogP contribution in [0.25, 0.3) is 21.3 Å². The van der Waals surface area contributed by atoms with E-state index < -0.39 is 29.4 Å². The Morgan fingerprint density at radius 2 is 1.59 bits per heavy atom. The maximum atomic E-state index is 14.2. The van der Waals surface area contributed by atoms with E-state index >= 15 is 0 Å². The van der Waals surface area contributed by atoms with Crippen LogP contribution >= 0.6 is 22.9 Å². The van der Waals surface area contributed by atoms with Gasteiger partial charge >= 0.3 is 0 Å². The van der Waals surface area contributed by atoms with Crippen LogP contribution in [0.15, 0.2) is 78.6 Å². The van der Waals surface area contributed by atoms with Crippen molar-refractivity contribution in [1.82, 2.24) is 55.0 Å². The number of piperidine rings is 1. The number of halogens is 2. The number of aliphatic hydroxyl groups is 1. The van der Waals surface area contributed by atoms with E-state index in [1.165, 1.54) is 36.5 Å². The number of aryl methyl sites for hydroxylation is 1. The summed E-state index contributed by atoms with van der Waals surface area (Å²) in [7, 11) is 1.52. The molecule has 23 heteroatoms. The fraction of sp³-hybridized carbons (Fsp3) is 0.500. The minimum atomic E-state index is -0.898. The molecule has 4 aliphatic heterocycles. The normalized spacial score (nSPS) is 19.3. The van der Waals surface area contributed by atoms with Gasteiger partial charge in [0.1, 0.15) is 35.8 Å². The largest absolute Gasteiger partial charge is 0.494 e. The SMILES string of the molecule is COc1cc2ncnc(Nc3ccc(F)c(Cl)c3)c2cc1NC(=O)/C=C/CN1CCC(N2CCN(C(=O)CCN3CCN(CCC(=O)N[C@H](C(=O)N4C[C@H](O)C[C@H]4C(=O)NCc4ccc(-c5scnc5C)cc4)C(C)(C)C)CC3)CC2)CC1. The predicted octanol–water partition coefficient (Wildman–Crippen LogP) is 5.92. The molecule has 5 aromatic rings. The van der Waals surface area contributed by atoms with Gasteiger partial charge in [-0.3, -0.25) is 33.8 Å². The fourth-order valence-electron chi connectivity index (χ4n) is 11.4. The van der Waals surface area contributed by atoms with Crippen LogP contribution in [0.5, 0.6) is 5.75 Å². The van der Waals surface area contributed by atoms with Crippen LogP contribution in [0, 0.1) is 18.2 Å². The molecular weight excluding hydrogens is 1100 g/mol. The number of aromatic nitrogens is 3. The highest BCUT2D eigenvalue weighted by Gasteiger charge is 2.44. The smallest absolute Gasteiger partial charge is 0.248 e. The number of rotatable bonds is 20. The number of β-amino-alcohol motifs (C(OH)–C–C–N with tert-alkyl or cyclic N) is 1. The molecule has 444 valence electrons. The van der Waals surface area contributed by atoms with Crippen molar-refractivity contribution in [2.75, 3.05) is 109 Å². The van der Waals surface area contributed by atoms with Crippen LogP contribution in [-0.4, -0.2) is 202 Å². The average Bonchev–Trinajstić information content (AvgIpc) is 4.04. The molecule has 3 atom stereocenters. The van der Waals surface area contributed by atoms with Crippen molar-refractivity contribution in [3.63, 3.8) is 0 Å². The predicted molar refractivity (Wildman–Crippen MR) is 320 cm³/mol. The van der Waals surface area contributed by atoms with Crippen molar-refractivity contribution >= 4 is 80.6 Å². The summed E-state index contributed by atoms with van der Waals surface area (Å²) < 4.78 is 19.4. The number of carbonyl (C=O) groups is 5. The van der Waals surface area contributed by atoms with Crippen LogP contribution in [0.3, 0.4) is 0 Å². The zero-order chi connectivity index (χ0) is 58.8. The Balaban J connectivity index is 0.642. The number of hydrogen-bond donors (Lipinski definition) is 5. The Hall–Kier alpha value is -6.66. The molecule has 5 N–H and O–H groups in total. The molecule has 6 heterocycles. The molecule has 83 heavy (non-hydrogen) atoms. The number of nitrogens with one attached hydrogen (secondary N) is 4. The standard InChI is InChI=1S/C60H77ClFN13O7S/c1-39-55(83-38-66-39)41-10-8-40(9-11-41)35-63-58(80)50-32-44(76)36-75(50)59(81)56(60(2,3)4)69-53(78)16-21-71-23-25-72(26-24-71)22-17-54(79)74-29-27-73(28-30-74)43-14-19-70(20-15-43)18-6-7-52(77)68-49-33-45-48(34-51(49)82-5)64-37-65-57(45)67-42-12-13-47(62)46(61)31-42/h6-13,31,33-34,37-38,43-44,50,56,76H,14-30,32,35-36H2,1-5H3,(H,63,80)(H,68,77)(H,69,78)(H,64,65,67)/b7-6+/t44-,50+,56-/m1/s1. The number of carbonyl (C=O) groups excluding carboxylic acids is 5. The van der Waals surface area contributed by atoms with Gasteiger partial charge in [0, 0.05) is 134 Å². The fourth-order valence-corrected chi connectivity index (χ4v) is 12.4. The maximum Gasteiger partial charge on any atom is 0.248 e. The lowest BCUT2D eigenvalue weighted by atomic mass is 9.85. The molecule has 0 bridgehead atoms. The van der Waals surface area contributed by atoms with E-state index in [-0.39, 0.29) is 60.5 Å². The second-order valence-electron chi connectivity index (χ2n) is 23.0. The first-order chi connectivity index (χ1) is 39.9. The molecule has 4 fully saturated rings. The van der Waals surface area contributed by atoms with Crippen molar-refractivity contribution in [2.24, 2.45) is 5.41 Å². The molecule has 0 saturated carbocycles. The number of fused-ring (bicyclic) bond motifs is 1. The number of thiazole rings is 1. The van der Waals surface area contributed by atoms with Crippen LogP contribution in [0.4, 0.5) is 21.6 Å². The third-order valence-corrected chi connectivity index (χ3v) is 17.5. The monoisotopic (exact) mass is 1180 g/mol. The van der Waals surface area contributed by atoms with Gasteiger partial charge in [0.05, 0.1) is 45.5 Å². The zero-order valence-electron chi connectivity index (χ0n) is 48.0. The van der Waals surface area contributed by atoms with Gasteiger partial charge in [0.15, 0.2) is 0 Å². The topological polar surface area (TPSA) is 221 Å². The summed E-state index contributed by atoms with van der Waals surface area (Å²) in [5.41, 5.74) is 5.66. The Morgan fingerprint density at radius 1 is 0.880 bits per heavy atom. The minimum Gasteiger partial charge on any atom is -0.494 e. The van der Waals surface area contributed by atoms with E-state index in [0.717, 1.165) is 86.9 Å². The van der Waals surface area contributed by atoms with Gasteiger partial charge < -0.3 is 50.7 Å². The number of methoxy groups -OCH3 is 1. The second-order valence-corrected chi connectivity index (χ2v) is 24.3. The van der Waals surface area contributed by atoms with E-state index in [1.54, 1.807) is 29.5 Å². The number of benzene rings is 3. The summed E-state index contributed by atoms with van der Waals surface area (Å²) in [5.74, 6) is -0.746. The highest BCUT2D eigenvalue weighted by atomic mass is 35.5. The number of anilines is 3. The summed E-state index contributed by atoms with van der Waals surface area (Å²) in [4.78, 5) is 94.8. The first-order valence-corrected chi connectivity index (χ1v) is 29.9. The van der Waals surface area contributed by atoms with E-state index in [2.05, 4.69) is 55.8 Å². The van der Waals surface area contributed by atoms with Gasteiger partial charge in [-0.05, 0) is 73.7 Å². The molecule has 20 nitrogen and oxygen atoms in total. The summed E-state index contributed by atoms with van der Waals surface area (Å²) >= 11 is 7.57. The number of amides is 5. The van der Waals surface area contributed by atoms with Gasteiger partial charge in [-0.25, -0.2) is 19.3 Å². The average molecular weight is 1180 g/mol. The number of likely N-dealkylation sites (tertiary alicyclic amines) is 2. The molecule has 0 spiro atoms. The van der Waals surface area contributed by atoms with Crippen LogP contribution < -0.4 is 26.0 Å². The second kappa shape index (κ2) is 27.8. The highest BCUT2D eigenvalue weighted by Crippen LogP contribution is 2.34. The van der Waals surface area contributed by atoms with Crippen LogP contribution in [0.1, 0.15) is 64.1 Å². The molecular formula is C60H77ClFN13O7S. The molecule has 0 aliphatic carbocycles. The molecule has 9 rings (SSSR count). The molecule has 5 amide bonds. The third kappa shape index (κ3) is 16.0. The Morgan fingerprint density at radius 3 is 2.25 bits per heavy atom. The first kappa shape index (κ1) is 60.9. The maximum absolute atomic E-state index is 14.2. The van der Waals surface area contributed by atoms with Gasteiger partial charge in [-0.2, -0.15) is 0 Å². The van der Waals surface area contributed by atoms with Crippen molar-refractivity contribution in [3.8, 4) is 16.2 Å². The summed E-state index contributed by atoms with van der Waals surface area (Å²) in [6, 6.07) is 14.4. The lowest BCUT2D eigenvalue weighted by molar-refractivity contribution is -0.144. The van der Waals surface area contributed by atoms with Crippen LogP contribution in [-0.2, 0) is 30.5 Å². The summed E-state index contributed by atoms with van der Waals surface area (Å²) in [5, 5.41) is 23.3. The number of aliphatic hydroxyl groups excluding tert-OH is 1. The zero-order valence-corrected chi connectivity index (χ0v) is 49.6. The molecule has 4 aliphatic rings. The molecule has 0 radical (unpaired) electrons. The lowest BCUT2D eigenvalue weighted by Gasteiger charge is -2.43. The number of nitrogens with zero attached hydrogens (tertiary/aromatic N) is 9. The lowest BCUT2D eigenvalue weighted by Crippen LogP contribution is -2.58. The van der Waals surface area contributed by atoms with Crippen molar-refractivity contribution in [3.05, 3.63) is 101 Å². The summed E-state index contributed by atoms with van der Waals surface area (Å²) in [6.07, 6.45) is 6.76. The molecule has 4 saturated heterocycles. The number of hydrogen-bond acceptors (Lipinski definition) is 16. The Kier molecular flexibility index (Phi) is 20.4. The van der Waals surface area contributed by atoms with Crippen molar-refractivity contribution < 1.29 is 38.2 Å². The van der Waals surface area contributed by atoms with E-state index in [1.807, 2.05) is 68.4 Å². The van der Waals surface area contributed by atoms with Crippen molar-refractivity contribution in [2.45, 2.75) is 90.6 Å². The highest BCUT2D eigenvalue weighted by molar-refractivity contribution is 7.13. The third-order valence-electron chi connectivity index (χ3n) is 16.2. The Bertz CT molecular complexity index is 3120. The van der Waals surface area contributed by atoms with Crippen LogP contribution in [0.2, 0.25) is 5.02 Å². The van der Waals surface area contributed by atoms with E-state index in [9.17, 15) is 33.5 Å². The van der Waals surface area contributed by atoms with Gasteiger partial charge in [0.25, 0.3) is 0 Å². The Labute approximate surface area is 493 Å². The van der Waals surface area contributed by atoms with Gasteiger partial charge in [-0.1, -0.05) is 62.7 Å². The quantitative estimate of drug-likeness (QED) is 0.0572. The van der Waals surface area contributed by atoms with E-state index in [4.69, 9.17) is 16.3 Å². The molecule has 3 aromatic carbocycles.